The van der Waals surface area contributed by atoms with Crippen molar-refractivity contribution < 1.29 is 22.1 Å². The predicted molar refractivity (Wildman–Crippen MR) is 111 cm³/mol. The van der Waals surface area contributed by atoms with Crippen LogP contribution in [0.15, 0.2) is 84.9 Å². The Bertz CT molecular complexity index is 1260. The molecule has 0 radical (unpaired) electrons. The molecule has 28 heavy (non-hydrogen) atoms. The zero-order valence-corrected chi connectivity index (χ0v) is 14.8. The summed E-state index contributed by atoms with van der Waals surface area (Å²) in [5.41, 5.74) is 0. The molecule has 4 rings (SSSR count). The van der Waals surface area contributed by atoms with Crippen molar-refractivity contribution in [1.82, 2.24) is 0 Å². The molecular weight excluding hydrogens is 387 g/mol. The molecule has 0 aliphatic carbocycles. The van der Waals surface area contributed by atoms with E-state index in [-0.39, 0.29) is 41.1 Å². The Morgan fingerprint density at radius 3 is 1.71 bits per heavy atom. The molecule has 0 atom stereocenters. The van der Waals surface area contributed by atoms with Crippen molar-refractivity contribution in [3.8, 4) is 11.5 Å². The molecule has 136 valence electrons. The Morgan fingerprint density at radius 1 is 0.643 bits per heavy atom. The van der Waals surface area contributed by atoms with Gasteiger partial charge in [0.2, 0.25) is 0 Å². The molecule has 0 bridgehead atoms. The molecule has 0 heterocycles. The van der Waals surface area contributed by atoms with E-state index in [0.717, 1.165) is 10.8 Å². The summed E-state index contributed by atoms with van der Waals surface area (Å²) in [5, 5.41) is 1.38. The molecule has 0 aliphatic rings. The molecule has 0 saturated carbocycles. The third kappa shape index (κ3) is 4.05. The fourth-order valence-corrected chi connectivity index (χ4v) is 3.49. The Kier molecular flexibility index (Phi) is 6.05. The molecule has 4 aromatic rings. The number of ether oxygens (including phenoxy) is 1. The van der Waals surface area contributed by atoms with Gasteiger partial charge in [-0.15, -0.1) is 0 Å². The van der Waals surface area contributed by atoms with E-state index in [1.54, 1.807) is 36.4 Å². The van der Waals surface area contributed by atoms with E-state index in [1.807, 2.05) is 36.4 Å². The minimum atomic E-state index is -4.63. The summed E-state index contributed by atoms with van der Waals surface area (Å²) in [4.78, 5) is 12.3. The van der Waals surface area contributed by atoms with Gasteiger partial charge < -0.3 is 8.92 Å². The van der Waals surface area contributed by atoms with Crippen LogP contribution in [0.2, 0.25) is 0 Å². The van der Waals surface area contributed by atoms with Crippen LogP contribution in [0.25, 0.3) is 21.5 Å². The third-order valence-electron chi connectivity index (χ3n) is 4.10. The maximum absolute atomic E-state index is 12.4. The number of carbonyl (C=O) groups is 1. The second-order valence-electron chi connectivity index (χ2n) is 5.84. The van der Waals surface area contributed by atoms with Crippen molar-refractivity contribution in [2.45, 2.75) is 0 Å². The van der Waals surface area contributed by atoms with Crippen LogP contribution in [0.1, 0.15) is 0 Å². The van der Waals surface area contributed by atoms with Crippen molar-refractivity contribution in [2.75, 3.05) is 0 Å². The summed E-state index contributed by atoms with van der Waals surface area (Å²) in [6, 6.07) is 24.4. The second kappa shape index (κ2) is 8.32. The van der Waals surface area contributed by atoms with Gasteiger partial charge in [0.05, 0.1) is 0 Å². The number of fused-ring (bicyclic) bond motifs is 2. The number of hydrogen-bond donors (Lipinski definition) is 0. The van der Waals surface area contributed by atoms with Crippen LogP contribution in [-0.4, -0.2) is 43.3 Å². The molecule has 4 aromatic carbocycles. The summed E-state index contributed by atoms with van der Waals surface area (Å²) in [6.45, 7) is 0. The van der Waals surface area contributed by atoms with E-state index >= 15 is 0 Å². The van der Waals surface area contributed by atoms with Crippen molar-refractivity contribution in [1.29, 1.82) is 0 Å². The summed E-state index contributed by atoms with van der Waals surface area (Å²) in [7, 11) is -4.63. The molecule has 0 saturated heterocycles. The normalized spacial score (nSPS) is 11.0. The SMILES string of the molecule is O=C(Oc1cccc2ccccc12)S(=O)(=O)Oc1cccc2ccccc12.[NaH]. The van der Waals surface area contributed by atoms with Gasteiger partial charge in [0.25, 0.3) is 0 Å². The van der Waals surface area contributed by atoms with Crippen LogP contribution >= 0.6 is 0 Å². The second-order valence-corrected chi connectivity index (χ2v) is 7.25. The van der Waals surface area contributed by atoms with E-state index in [2.05, 4.69) is 0 Å². The van der Waals surface area contributed by atoms with Crippen LogP contribution in [-0.2, 0) is 10.1 Å². The molecular formula is C21H15NaO5S. The van der Waals surface area contributed by atoms with E-state index in [1.165, 1.54) is 12.1 Å². The van der Waals surface area contributed by atoms with E-state index < -0.39 is 15.4 Å². The van der Waals surface area contributed by atoms with Gasteiger partial charge in [0.1, 0.15) is 5.75 Å². The molecule has 0 aromatic heterocycles. The van der Waals surface area contributed by atoms with Gasteiger partial charge in [0.15, 0.2) is 5.75 Å². The third-order valence-corrected chi connectivity index (χ3v) is 4.99. The molecule has 5 nitrogen and oxygen atoms in total. The van der Waals surface area contributed by atoms with Gasteiger partial charge in [0, 0.05) is 10.8 Å². The Morgan fingerprint density at radius 2 is 1.11 bits per heavy atom. The fourth-order valence-electron chi connectivity index (χ4n) is 2.85. The summed E-state index contributed by atoms with van der Waals surface area (Å²) >= 11 is 0. The monoisotopic (exact) mass is 402 g/mol. The number of hydrogen-bond acceptors (Lipinski definition) is 5. The Labute approximate surface area is 184 Å². The molecule has 7 heteroatoms. The van der Waals surface area contributed by atoms with Crippen LogP contribution < -0.4 is 8.92 Å². The fraction of sp³-hybridized carbons (Fsp3) is 0. The van der Waals surface area contributed by atoms with Gasteiger partial charge in [-0.2, -0.15) is 8.42 Å². The molecule has 0 unspecified atom stereocenters. The maximum atomic E-state index is 12.4. The molecule has 0 fully saturated rings. The van der Waals surface area contributed by atoms with Crippen LogP contribution in [0.4, 0.5) is 4.79 Å². The van der Waals surface area contributed by atoms with Crippen LogP contribution in [0.5, 0.6) is 11.5 Å². The average Bonchev–Trinajstić information content (AvgIpc) is 2.68. The van der Waals surface area contributed by atoms with E-state index in [0.29, 0.717) is 10.8 Å². The quantitative estimate of drug-likeness (QED) is 0.291. The molecule has 0 N–H and O–H groups in total. The first-order valence-electron chi connectivity index (χ1n) is 8.16. The minimum absolute atomic E-state index is 0. The summed E-state index contributed by atoms with van der Waals surface area (Å²) < 4.78 is 35.0. The zero-order valence-electron chi connectivity index (χ0n) is 14.0. The predicted octanol–water partition coefficient (Wildman–Crippen LogP) is 4.25. The number of rotatable bonds is 3. The standard InChI is InChI=1S/C21H14O5S.Na.H/c22-21(25-19-13-5-9-15-7-1-3-11-17(15)19)27(23,24)26-20-14-6-10-16-8-2-4-12-18(16)20;;/h1-14H;;. The molecule has 0 aliphatic heterocycles. The van der Waals surface area contributed by atoms with Crippen molar-refractivity contribution in [2.24, 2.45) is 0 Å². The molecule has 0 amide bonds. The summed E-state index contributed by atoms with van der Waals surface area (Å²) in [6.07, 6.45) is 0. The van der Waals surface area contributed by atoms with E-state index in [4.69, 9.17) is 8.92 Å². The molecule has 0 spiro atoms. The Balaban J connectivity index is 0.00000225. The van der Waals surface area contributed by atoms with Crippen molar-refractivity contribution in [3.05, 3.63) is 84.9 Å². The average molecular weight is 402 g/mol. The van der Waals surface area contributed by atoms with Crippen molar-refractivity contribution in [3.63, 3.8) is 0 Å². The Hall–Kier alpha value is -2.38. The van der Waals surface area contributed by atoms with E-state index in [9.17, 15) is 13.2 Å². The van der Waals surface area contributed by atoms with Crippen LogP contribution in [0, 0.1) is 0 Å². The van der Waals surface area contributed by atoms with Crippen LogP contribution in [0.3, 0.4) is 0 Å². The zero-order chi connectivity index (χ0) is 18.9. The first kappa shape index (κ1) is 20.4. The van der Waals surface area contributed by atoms with Gasteiger partial charge in [-0.05, 0) is 22.9 Å². The van der Waals surface area contributed by atoms with Gasteiger partial charge in [-0.25, -0.2) is 4.79 Å². The topological polar surface area (TPSA) is 69.7 Å². The summed E-state index contributed by atoms with van der Waals surface area (Å²) in [5.74, 6) is 0.228. The number of benzene rings is 4. The van der Waals surface area contributed by atoms with Gasteiger partial charge >= 0.3 is 45.0 Å². The number of carbonyl (C=O) groups excluding carboxylic acids is 1. The first-order valence-corrected chi connectivity index (χ1v) is 9.57. The van der Waals surface area contributed by atoms with Gasteiger partial charge in [-0.1, -0.05) is 72.8 Å². The van der Waals surface area contributed by atoms with Crippen molar-refractivity contribution >= 4 is 66.5 Å². The van der Waals surface area contributed by atoms with Gasteiger partial charge in [-0.3, -0.25) is 0 Å². The first-order chi connectivity index (χ1) is 13.0.